The zero-order valence-corrected chi connectivity index (χ0v) is 17.7. The van der Waals surface area contributed by atoms with E-state index in [-0.39, 0.29) is 11.3 Å². The molecule has 0 radical (unpaired) electrons. The molecule has 6 heteroatoms. The van der Waals surface area contributed by atoms with E-state index in [1.165, 1.54) is 0 Å². The van der Waals surface area contributed by atoms with E-state index in [2.05, 4.69) is 0 Å². The fourth-order valence-corrected chi connectivity index (χ4v) is 3.51. The number of benzene rings is 2. The lowest BCUT2D eigenvalue weighted by atomic mass is 9.95. The Hall–Kier alpha value is -3.12. The van der Waals surface area contributed by atoms with E-state index in [1.807, 2.05) is 56.3 Å². The summed E-state index contributed by atoms with van der Waals surface area (Å²) >= 11 is 0. The number of Topliss-reactive ketones (excluding diaryl/α,β-unsaturated/α-hetero) is 1. The van der Waals surface area contributed by atoms with E-state index in [0.29, 0.717) is 31.0 Å². The van der Waals surface area contributed by atoms with Crippen molar-refractivity contribution in [2.45, 2.75) is 19.4 Å². The SMILES string of the molecule is CCCOc1cccc(/C(O)=C2\C(=O)C(=O)N(CCN(C)C)C2c2ccccc2)c1. The molecule has 6 nitrogen and oxygen atoms in total. The predicted octanol–water partition coefficient (Wildman–Crippen LogP) is 3.46. The molecular formula is C24H28N2O4. The standard InChI is InChI=1S/C24H28N2O4/c1-4-15-30-19-12-8-11-18(16-19)22(27)20-21(17-9-6-5-7-10-17)26(14-13-25(2)3)24(29)23(20)28/h5-12,16,21,27H,4,13-15H2,1-3H3/b22-20+. The van der Waals surface area contributed by atoms with Gasteiger partial charge in [0, 0.05) is 18.7 Å². The third kappa shape index (κ3) is 4.54. The van der Waals surface area contributed by atoms with Gasteiger partial charge in [-0.05, 0) is 38.2 Å². The smallest absolute Gasteiger partial charge is 0.295 e. The molecule has 1 saturated heterocycles. The van der Waals surface area contributed by atoms with Crippen LogP contribution in [-0.2, 0) is 9.59 Å². The first-order valence-corrected chi connectivity index (χ1v) is 10.1. The van der Waals surface area contributed by atoms with Crippen molar-refractivity contribution in [2.24, 2.45) is 0 Å². The van der Waals surface area contributed by atoms with E-state index < -0.39 is 17.7 Å². The van der Waals surface area contributed by atoms with E-state index in [4.69, 9.17) is 4.74 Å². The van der Waals surface area contributed by atoms with Gasteiger partial charge in [0.15, 0.2) is 0 Å². The summed E-state index contributed by atoms with van der Waals surface area (Å²) in [6.45, 7) is 3.56. The number of likely N-dealkylation sites (tertiary alicyclic amines) is 1. The van der Waals surface area contributed by atoms with E-state index in [0.717, 1.165) is 12.0 Å². The second-order valence-electron chi connectivity index (χ2n) is 7.58. The number of carbonyl (C=O) groups is 2. The maximum Gasteiger partial charge on any atom is 0.295 e. The van der Waals surface area contributed by atoms with Crippen LogP contribution in [0.4, 0.5) is 0 Å². The Kier molecular flexibility index (Phi) is 6.90. The normalized spacial score (nSPS) is 18.3. The van der Waals surface area contributed by atoms with Gasteiger partial charge in [0.25, 0.3) is 11.7 Å². The van der Waals surface area contributed by atoms with Crippen LogP contribution < -0.4 is 4.74 Å². The van der Waals surface area contributed by atoms with Crippen molar-refractivity contribution < 1.29 is 19.4 Å². The summed E-state index contributed by atoms with van der Waals surface area (Å²) in [6, 6.07) is 15.7. The Morgan fingerprint density at radius 3 is 2.50 bits per heavy atom. The van der Waals surface area contributed by atoms with Crippen LogP contribution in [0.15, 0.2) is 60.2 Å². The van der Waals surface area contributed by atoms with Gasteiger partial charge in [-0.1, -0.05) is 49.4 Å². The van der Waals surface area contributed by atoms with Gasteiger partial charge in [-0.3, -0.25) is 9.59 Å². The van der Waals surface area contributed by atoms with Crippen molar-refractivity contribution in [3.05, 3.63) is 71.3 Å². The zero-order valence-electron chi connectivity index (χ0n) is 17.7. The summed E-state index contributed by atoms with van der Waals surface area (Å²) in [6.07, 6.45) is 0.862. The molecule has 1 atom stereocenters. The van der Waals surface area contributed by atoms with Crippen LogP contribution in [0.2, 0.25) is 0 Å². The Morgan fingerprint density at radius 2 is 1.83 bits per heavy atom. The molecule has 2 aromatic carbocycles. The van der Waals surface area contributed by atoms with E-state index in [1.54, 1.807) is 29.2 Å². The van der Waals surface area contributed by atoms with Gasteiger partial charge >= 0.3 is 0 Å². The van der Waals surface area contributed by atoms with Gasteiger partial charge in [-0.25, -0.2) is 0 Å². The molecule has 1 unspecified atom stereocenters. The first-order valence-electron chi connectivity index (χ1n) is 10.1. The third-order valence-electron chi connectivity index (χ3n) is 5.02. The molecule has 2 aromatic rings. The highest BCUT2D eigenvalue weighted by Crippen LogP contribution is 2.39. The van der Waals surface area contributed by atoms with Crippen LogP contribution in [0.25, 0.3) is 5.76 Å². The minimum absolute atomic E-state index is 0.109. The number of rotatable bonds is 8. The zero-order chi connectivity index (χ0) is 21.7. The molecule has 1 aliphatic heterocycles. The summed E-state index contributed by atoms with van der Waals surface area (Å²) < 4.78 is 5.65. The van der Waals surface area contributed by atoms with E-state index in [9.17, 15) is 14.7 Å². The molecule has 3 rings (SSSR count). The minimum Gasteiger partial charge on any atom is -0.507 e. The number of aliphatic hydroxyl groups excluding tert-OH is 1. The highest BCUT2D eigenvalue weighted by molar-refractivity contribution is 6.46. The van der Waals surface area contributed by atoms with Crippen molar-refractivity contribution >= 4 is 17.4 Å². The van der Waals surface area contributed by atoms with Crippen molar-refractivity contribution in [3.63, 3.8) is 0 Å². The molecule has 1 fully saturated rings. The molecule has 1 heterocycles. The molecule has 1 N–H and O–H groups in total. The summed E-state index contributed by atoms with van der Waals surface area (Å²) in [4.78, 5) is 29.3. The van der Waals surface area contributed by atoms with Gasteiger partial charge < -0.3 is 19.6 Å². The molecule has 0 spiro atoms. The lowest BCUT2D eigenvalue weighted by molar-refractivity contribution is -0.140. The van der Waals surface area contributed by atoms with Crippen molar-refractivity contribution in [1.29, 1.82) is 0 Å². The number of likely N-dealkylation sites (N-methyl/N-ethyl adjacent to an activating group) is 1. The number of amides is 1. The van der Waals surface area contributed by atoms with Gasteiger partial charge in [0.1, 0.15) is 11.5 Å². The van der Waals surface area contributed by atoms with Gasteiger partial charge in [-0.2, -0.15) is 0 Å². The van der Waals surface area contributed by atoms with Crippen LogP contribution in [0.5, 0.6) is 5.75 Å². The van der Waals surface area contributed by atoms with Crippen LogP contribution in [-0.4, -0.2) is 60.4 Å². The Labute approximate surface area is 177 Å². The Bertz CT molecular complexity index is 937. The molecule has 1 amide bonds. The number of hydrogen-bond acceptors (Lipinski definition) is 5. The molecule has 158 valence electrons. The summed E-state index contributed by atoms with van der Waals surface area (Å²) in [5, 5.41) is 11.1. The molecule has 0 saturated carbocycles. The highest BCUT2D eigenvalue weighted by Gasteiger charge is 2.45. The molecule has 1 aliphatic rings. The quantitative estimate of drug-likeness (QED) is 0.412. The van der Waals surface area contributed by atoms with Crippen molar-refractivity contribution in [2.75, 3.05) is 33.8 Å². The summed E-state index contributed by atoms with van der Waals surface area (Å²) in [5.41, 5.74) is 1.35. The number of ether oxygens (including phenoxy) is 1. The van der Waals surface area contributed by atoms with Crippen molar-refractivity contribution in [1.82, 2.24) is 9.80 Å². The largest absolute Gasteiger partial charge is 0.507 e. The minimum atomic E-state index is -0.667. The second kappa shape index (κ2) is 9.59. The molecule has 30 heavy (non-hydrogen) atoms. The summed E-state index contributed by atoms with van der Waals surface area (Å²) in [7, 11) is 3.83. The monoisotopic (exact) mass is 408 g/mol. The fraction of sp³-hybridized carbons (Fsp3) is 0.333. The Morgan fingerprint density at radius 1 is 1.10 bits per heavy atom. The van der Waals surface area contributed by atoms with Crippen LogP contribution in [0, 0.1) is 0 Å². The molecular weight excluding hydrogens is 380 g/mol. The molecule has 0 bridgehead atoms. The lowest BCUT2D eigenvalue weighted by Crippen LogP contribution is -2.35. The van der Waals surface area contributed by atoms with Gasteiger partial charge in [0.2, 0.25) is 0 Å². The Balaban J connectivity index is 2.07. The third-order valence-corrected chi connectivity index (χ3v) is 5.02. The average molecular weight is 408 g/mol. The first-order chi connectivity index (χ1) is 14.4. The van der Waals surface area contributed by atoms with Crippen LogP contribution >= 0.6 is 0 Å². The van der Waals surface area contributed by atoms with Crippen molar-refractivity contribution in [3.8, 4) is 5.75 Å². The predicted molar refractivity (Wildman–Crippen MR) is 116 cm³/mol. The molecule has 0 aliphatic carbocycles. The second-order valence-corrected chi connectivity index (χ2v) is 7.58. The van der Waals surface area contributed by atoms with Crippen LogP contribution in [0.1, 0.15) is 30.5 Å². The number of ketones is 1. The number of carbonyl (C=O) groups excluding carboxylic acids is 2. The average Bonchev–Trinajstić information content (AvgIpc) is 3.01. The molecule has 0 aromatic heterocycles. The number of nitrogens with zero attached hydrogens (tertiary/aromatic N) is 2. The highest BCUT2D eigenvalue weighted by atomic mass is 16.5. The van der Waals surface area contributed by atoms with Crippen LogP contribution in [0.3, 0.4) is 0 Å². The van der Waals surface area contributed by atoms with Gasteiger partial charge in [-0.15, -0.1) is 0 Å². The fourth-order valence-electron chi connectivity index (χ4n) is 3.51. The van der Waals surface area contributed by atoms with Gasteiger partial charge in [0.05, 0.1) is 18.2 Å². The first kappa shape index (κ1) is 21.6. The lowest BCUT2D eigenvalue weighted by Gasteiger charge is -2.26. The summed E-state index contributed by atoms with van der Waals surface area (Å²) in [5.74, 6) is -0.832. The maximum atomic E-state index is 13.0. The topological polar surface area (TPSA) is 70.1 Å². The number of hydrogen-bond donors (Lipinski definition) is 1. The maximum absolute atomic E-state index is 13.0. The number of aliphatic hydroxyl groups is 1. The van der Waals surface area contributed by atoms with E-state index >= 15 is 0 Å².